The molecule has 0 unspecified atom stereocenters. The van der Waals surface area contributed by atoms with E-state index in [4.69, 9.17) is 0 Å². The maximum atomic E-state index is 11.5. The molecule has 86 valence electrons. The molecule has 1 aromatic carbocycles. The third-order valence-electron chi connectivity index (χ3n) is 2.87. The molecule has 0 aliphatic heterocycles. The minimum Gasteiger partial charge on any atom is -0.353 e. The summed E-state index contributed by atoms with van der Waals surface area (Å²) in [6.07, 6.45) is 3.74. The Morgan fingerprint density at radius 3 is 2.88 bits per heavy atom. The fourth-order valence-corrected chi connectivity index (χ4v) is 2.19. The lowest BCUT2D eigenvalue weighted by atomic mass is 10.0. The molecule has 1 aliphatic carbocycles. The largest absolute Gasteiger partial charge is 0.353 e. The summed E-state index contributed by atoms with van der Waals surface area (Å²) in [7, 11) is 0. The predicted octanol–water partition coefficient (Wildman–Crippen LogP) is 2.97. The van der Waals surface area contributed by atoms with Gasteiger partial charge in [-0.25, -0.2) is 0 Å². The van der Waals surface area contributed by atoms with Gasteiger partial charge in [-0.2, -0.15) is 0 Å². The summed E-state index contributed by atoms with van der Waals surface area (Å²) < 4.78 is 1.09. The van der Waals surface area contributed by atoms with Crippen molar-refractivity contribution in [2.24, 2.45) is 0 Å². The lowest BCUT2D eigenvalue weighted by Gasteiger charge is -2.06. The first-order valence-electron chi connectivity index (χ1n) is 5.69. The van der Waals surface area contributed by atoms with Gasteiger partial charge in [0.2, 0.25) is 5.91 Å². The second-order valence-corrected chi connectivity index (χ2v) is 5.33. The fraction of sp³-hybridized carbons (Fsp3) is 0.462. The van der Waals surface area contributed by atoms with Crippen molar-refractivity contribution in [1.82, 2.24) is 5.32 Å². The normalized spacial score (nSPS) is 14.9. The smallest absolute Gasteiger partial charge is 0.220 e. The van der Waals surface area contributed by atoms with Crippen LogP contribution < -0.4 is 5.32 Å². The van der Waals surface area contributed by atoms with Gasteiger partial charge in [0.25, 0.3) is 0 Å². The zero-order valence-electron chi connectivity index (χ0n) is 9.42. The van der Waals surface area contributed by atoms with Crippen LogP contribution >= 0.6 is 15.9 Å². The molecule has 0 heterocycles. The summed E-state index contributed by atoms with van der Waals surface area (Å²) >= 11 is 3.44. The van der Waals surface area contributed by atoms with Crippen LogP contribution in [0.3, 0.4) is 0 Å². The number of carbonyl (C=O) groups is 1. The van der Waals surface area contributed by atoms with E-state index in [1.165, 1.54) is 11.1 Å². The van der Waals surface area contributed by atoms with Crippen LogP contribution in [0.2, 0.25) is 0 Å². The van der Waals surface area contributed by atoms with Crippen LogP contribution in [0.4, 0.5) is 0 Å². The van der Waals surface area contributed by atoms with E-state index in [2.05, 4.69) is 40.3 Å². The Morgan fingerprint density at radius 2 is 2.25 bits per heavy atom. The molecule has 1 fully saturated rings. The summed E-state index contributed by atoms with van der Waals surface area (Å²) in [5.74, 6) is 0.185. The Balaban J connectivity index is 1.85. The third kappa shape index (κ3) is 3.34. The van der Waals surface area contributed by atoms with E-state index in [1.54, 1.807) is 0 Å². The molecule has 1 aliphatic rings. The number of aryl methyl sites for hydroxylation is 2. The molecule has 3 heteroatoms. The molecule has 0 bridgehead atoms. The number of benzene rings is 1. The highest BCUT2D eigenvalue weighted by Gasteiger charge is 2.22. The van der Waals surface area contributed by atoms with Crippen molar-refractivity contribution in [1.29, 1.82) is 0 Å². The molecule has 1 aromatic rings. The summed E-state index contributed by atoms with van der Waals surface area (Å²) in [5.41, 5.74) is 2.50. The number of nitrogens with one attached hydrogen (secondary N) is 1. The molecule has 16 heavy (non-hydrogen) atoms. The molecule has 1 N–H and O–H groups in total. The van der Waals surface area contributed by atoms with Gasteiger partial charge in [0, 0.05) is 16.9 Å². The molecule has 0 atom stereocenters. The van der Waals surface area contributed by atoms with E-state index in [9.17, 15) is 4.79 Å². The van der Waals surface area contributed by atoms with Crippen molar-refractivity contribution in [3.63, 3.8) is 0 Å². The van der Waals surface area contributed by atoms with Gasteiger partial charge in [-0.3, -0.25) is 4.79 Å². The predicted molar refractivity (Wildman–Crippen MR) is 68.4 cm³/mol. The standard InChI is InChI=1S/C13H16BrNO/c1-9-8-11(14)4-2-10(9)3-7-13(16)15-12-5-6-12/h2,4,8,12H,3,5-7H2,1H3,(H,15,16). The van der Waals surface area contributed by atoms with Crippen molar-refractivity contribution in [3.8, 4) is 0 Å². The van der Waals surface area contributed by atoms with Crippen LogP contribution in [0, 0.1) is 6.92 Å². The topological polar surface area (TPSA) is 29.1 Å². The maximum Gasteiger partial charge on any atom is 0.220 e. The molecule has 0 spiro atoms. The van der Waals surface area contributed by atoms with Crippen LogP contribution in [0.5, 0.6) is 0 Å². The van der Waals surface area contributed by atoms with Gasteiger partial charge < -0.3 is 5.32 Å². The highest BCUT2D eigenvalue weighted by Crippen LogP contribution is 2.20. The number of carbonyl (C=O) groups excluding carboxylic acids is 1. The first kappa shape index (κ1) is 11.6. The Hall–Kier alpha value is -0.830. The van der Waals surface area contributed by atoms with Crippen LogP contribution in [0.25, 0.3) is 0 Å². The SMILES string of the molecule is Cc1cc(Br)ccc1CCC(=O)NC1CC1. The van der Waals surface area contributed by atoms with E-state index in [0.29, 0.717) is 12.5 Å². The number of halogens is 1. The van der Waals surface area contributed by atoms with E-state index in [-0.39, 0.29) is 5.91 Å². The van der Waals surface area contributed by atoms with Crippen molar-refractivity contribution in [3.05, 3.63) is 33.8 Å². The average molecular weight is 282 g/mol. The second kappa shape index (κ2) is 5.00. The lowest BCUT2D eigenvalue weighted by Crippen LogP contribution is -2.25. The third-order valence-corrected chi connectivity index (χ3v) is 3.36. The molecular weight excluding hydrogens is 266 g/mol. The second-order valence-electron chi connectivity index (χ2n) is 4.41. The molecule has 1 amide bonds. The first-order chi connectivity index (χ1) is 7.65. The van der Waals surface area contributed by atoms with Gasteiger partial charge in [0.1, 0.15) is 0 Å². The van der Waals surface area contributed by atoms with Gasteiger partial charge in [0.05, 0.1) is 0 Å². The van der Waals surface area contributed by atoms with Crippen LogP contribution in [-0.2, 0) is 11.2 Å². The van der Waals surface area contributed by atoms with Crippen LogP contribution in [-0.4, -0.2) is 11.9 Å². The van der Waals surface area contributed by atoms with Gasteiger partial charge in [-0.15, -0.1) is 0 Å². The quantitative estimate of drug-likeness (QED) is 0.903. The van der Waals surface area contributed by atoms with Gasteiger partial charge in [-0.05, 0) is 49.4 Å². The average Bonchev–Trinajstić information content (AvgIpc) is 3.00. The Morgan fingerprint density at radius 1 is 1.50 bits per heavy atom. The minimum absolute atomic E-state index is 0.185. The maximum absolute atomic E-state index is 11.5. The molecule has 0 radical (unpaired) electrons. The number of hydrogen-bond donors (Lipinski definition) is 1. The van der Waals surface area contributed by atoms with Crippen molar-refractivity contribution >= 4 is 21.8 Å². The van der Waals surface area contributed by atoms with Crippen LogP contribution in [0.1, 0.15) is 30.4 Å². The Bertz CT molecular complexity index is 399. The fourth-order valence-electron chi connectivity index (χ4n) is 1.72. The van der Waals surface area contributed by atoms with E-state index < -0.39 is 0 Å². The number of rotatable bonds is 4. The molecular formula is C13H16BrNO. The highest BCUT2D eigenvalue weighted by molar-refractivity contribution is 9.10. The van der Waals surface area contributed by atoms with Crippen LogP contribution in [0.15, 0.2) is 22.7 Å². The minimum atomic E-state index is 0.185. The van der Waals surface area contributed by atoms with E-state index >= 15 is 0 Å². The Kier molecular flexibility index (Phi) is 3.64. The molecule has 0 saturated heterocycles. The summed E-state index contributed by atoms with van der Waals surface area (Å²) in [6, 6.07) is 6.68. The lowest BCUT2D eigenvalue weighted by molar-refractivity contribution is -0.121. The summed E-state index contributed by atoms with van der Waals surface area (Å²) in [6.45, 7) is 2.08. The summed E-state index contributed by atoms with van der Waals surface area (Å²) in [4.78, 5) is 11.5. The van der Waals surface area contributed by atoms with Gasteiger partial charge in [0.15, 0.2) is 0 Å². The summed E-state index contributed by atoms with van der Waals surface area (Å²) in [5, 5.41) is 3.01. The molecule has 1 saturated carbocycles. The van der Waals surface area contributed by atoms with E-state index in [1.807, 2.05) is 6.07 Å². The highest BCUT2D eigenvalue weighted by atomic mass is 79.9. The van der Waals surface area contributed by atoms with Crippen molar-refractivity contribution in [2.45, 2.75) is 38.6 Å². The van der Waals surface area contributed by atoms with Crippen molar-refractivity contribution < 1.29 is 4.79 Å². The zero-order valence-corrected chi connectivity index (χ0v) is 11.0. The number of hydrogen-bond acceptors (Lipinski definition) is 1. The van der Waals surface area contributed by atoms with Crippen molar-refractivity contribution in [2.75, 3.05) is 0 Å². The number of amides is 1. The van der Waals surface area contributed by atoms with Gasteiger partial charge >= 0.3 is 0 Å². The molecule has 0 aromatic heterocycles. The first-order valence-corrected chi connectivity index (χ1v) is 6.49. The Labute approximate surface area is 105 Å². The monoisotopic (exact) mass is 281 g/mol. The molecule has 2 rings (SSSR count). The van der Waals surface area contributed by atoms with E-state index in [0.717, 1.165) is 23.7 Å². The van der Waals surface area contributed by atoms with Gasteiger partial charge in [-0.1, -0.05) is 22.0 Å². The zero-order chi connectivity index (χ0) is 11.5. The molecule has 2 nitrogen and oxygen atoms in total.